The highest BCUT2D eigenvalue weighted by Crippen LogP contribution is 2.41. The summed E-state index contributed by atoms with van der Waals surface area (Å²) in [7, 11) is 0. The molecule has 2 saturated carbocycles. The first-order chi connectivity index (χ1) is 17.1. The van der Waals surface area contributed by atoms with Gasteiger partial charge in [-0.05, 0) is 104 Å². The summed E-state index contributed by atoms with van der Waals surface area (Å²) in [6.45, 7) is 4.43. The van der Waals surface area contributed by atoms with Crippen LogP contribution in [-0.4, -0.2) is 0 Å². The van der Waals surface area contributed by atoms with Crippen LogP contribution in [0.5, 0.6) is 0 Å². The number of aryl methyl sites for hydroxylation is 1. The molecular weight excluding hydrogens is 427 g/mol. The summed E-state index contributed by atoms with van der Waals surface area (Å²) in [6.07, 6.45) is 21.0. The third-order valence-corrected chi connectivity index (χ3v) is 9.22. The summed E-state index contributed by atoms with van der Waals surface area (Å²) >= 11 is 0. The van der Waals surface area contributed by atoms with E-state index in [4.69, 9.17) is 0 Å². The van der Waals surface area contributed by atoms with Crippen molar-refractivity contribution < 1.29 is 4.39 Å². The number of hydrogen-bond acceptors (Lipinski definition) is 0. The Morgan fingerprint density at radius 1 is 0.829 bits per heavy atom. The molecule has 2 aromatic rings. The fraction of sp³-hybridized carbons (Fsp3) is 0.588. The van der Waals surface area contributed by atoms with E-state index in [1.165, 1.54) is 81.8 Å². The minimum absolute atomic E-state index is 0.00268. The quantitative estimate of drug-likeness (QED) is 0.300. The minimum Gasteiger partial charge on any atom is -0.207 e. The molecule has 0 aromatic heterocycles. The van der Waals surface area contributed by atoms with Gasteiger partial charge in [-0.2, -0.15) is 0 Å². The molecule has 0 spiro atoms. The monoisotopic (exact) mass is 474 g/mol. The summed E-state index contributed by atoms with van der Waals surface area (Å²) in [5.74, 6) is 4.03. The van der Waals surface area contributed by atoms with Crippen LogP contribution in [0.1, 0.15) is 119 Å². The topological polar surface area (TPSA) is 0 Å². The number of halogens is 1. The number of allylic oxidation sites excluding steroid dienone is 2. The van der Waals surface area contributed by atoms with Crippen molar-refractivity contribution in [2.45, 2.75) is 109 Å². The van der Waals surface area contributed by atoms with Crippen molar-refractivity contribution in [1.29, 1.82) is 0 Å². The van der Waals surface area contributed by atoms with Crippen LogP contribution in [0.3, 0.4) is 0 Å². The number of rotatable bonds is 10. The van der Waals surface area contributed by atoms with Gasteiger partial charge >= 0.3 is 0 Å². The summed E-state index contributed by atoms with van der Waals surface area (Å²) < 4.78 is 14.6. The van der Waals surface area contributed by atoms with Gasteiger partial charge < -0.3 is 0 Å². The van der Waals surface area contributed by atoms with Crippen molar-refractivity contribution in [2.24, 2.45) is 17.8 Å². The van der Waals surface area contributed by atoms with Crippen LogP contribution in [0.25, 0.3) is 0 Å². The zero-order valence-electron chi connectivity index (χ0n) is 22.2. The lowest BCUT2D eigenvalue weighted by Crippen LogP contribution is -2.18. The minimum atomic E-state index is 0.00268. The lowest BCUT2D eigenvalue weighted by Gasteiger charge is -2.33. The Morgan fingerprint density at radius 2 is 1.46 bits per heavy atom. The van der Waals surface area contributed by atoms with Crippen molar-refractivity contribution in [1.82, 2.24) is 0 Å². The molecule has 0 heterocycles. The fourth-order valence-electron chi connectivity index (χ4n) is 6.86. The highest BCUT2D eigenvalue weighted by atomic mass is 19.1. The Kier molecular flexibility index (Phi) is 10.0. The van der Waals surface area contributed by atoms with E-state index in [0.717, 1.165) is 36.2 Å². The average molecular weight is 475 g/mol. The van der Waals surface area contributed by atoms with E-state index < -0.39 is 0 Å². The average Bonchev–Trinajstić information content (AvgIpc) is 2.90. The van der Waals surface area contributed by atoms with Crippen LogP contribution < -0.4 is 0 Å². The summed E-state index contributed by atoms with van der Waals surface area (Å²) in [5, 5.41) is 0. The van der Waals surface area contributed by atoms with Gasteiger partial charge in [0.1, 0.15) is 5.82 Å². The molecule has 35 heavy (non-hydrogen) atoms. The number of hydrogen-bond donors (Lipinski definition) is 0. The van der Waals surface area contributed by atoms with E-state index in [-0.39, 0.29) is 5.82 Å². The zero-order chi connectivity index (χ0) is 24.5. The normalized spacial score (nSPS) is 26.1. The maximum Gasteiger partial charge on any atom is 0.126 e. The summed E-state index contributed by atoms with van der Waals surface area (Å²) in [5.41, 5.74) is 3.61. The molecule has 2 aliphatic carbocycles. The largest absolute Gasteiger partial charge is 0.207 e. The van der Waals surface area contributed by atoms with E-state index in [1.807, 2.05) is 25.1 Å². The van der Waals surface area contributed by atoms with Gasteiger partial charge in [-0.25, -0.2) is 4.39 Å². The van der Waals surface area contributed by atoms with Gasteiger partial charge in [-0.3, -0.25) is 0 Å². The molecule has 0 unspecified atom stereocenters. The zero-order valence-corrected chi connectivity index (χ0v) is 22.2. The molecule has 0 aliphatic heterocycles. The van der Waals surface area contributed by atoms with Crippen LogP contribution in [0, 0.1) is 23.6 Å². The van der Waals surface area contributed by atoms with Gasteiger partial charge in [0.2, 0.25) is 0 Å². The van der Waals surface area contributed by atoms with E-state index in [2.05, 4.69) is 49.4 Å². The van der Waals surface area contributed by atoms with Crippen molar-refractivity contribution >= 4 is 0 Å². The Labute approximate surface area is 214 Å². The molecule has 2 aromatic carbocycles. The molecule has 2 fully saturated rings. The molecular formula is C34H47F. The third kappa shape index (κ3) is 7.80. The first-order valence-electron chi connectivity index (χ1n) is 14.6. The van der Waals surface area contributed by atoms with E-state index >= 15 is 0 Å². The van der Waals surface area contributed by atoms with Crippen LogP contribution in [-0.2, 0) is 6.42 Å². The first-order valence-corrected chi connectivity index (χ1v) is 14.6. The molecule has 0 bridgehead atoms. The maximum atomic E-state index is 14.6. The maximum absolute atomic E-state index is 14.6. The molecule has 0 radical (unpaired) electrons. The lowest BCUT2D eigenvalue weighted by atomic mass is 9.73. The second kappa shape index (κ2) is 13.4. The molecule has 4 rings (SSSR count). The van der Waals surface area contributed by atoms with Gasteiger partial charge in [0, 0.05) is 0 Å². The van der Waals surface area contributed by atoms with Gasteiger partial charge in [0.15, 0.2) is 0 Å². The molecule has 1 atom stereocenters. The predicted molar refractivity (Wildman–Crippen MR) is 148 cm³/mol. The van der Waals surface area contributed by atoms with Gasteiger partial charge in [0.25, 0.3) is 0 Å². The van der Waals surface area contributed by atoms with Crippen LogP contribution in [0.2, 0.25) is 0 Å². The standard InChI is InChI=1S/C34H47F/c1-3-4-6-11-32-22-23-33(25-34(32)35)31-20-18-28(19-21-31)13-12-27-14-16-29(17-15-27)24-26(2)30-9-7-5-8-10-30/h3-5,7-10,22-23,25-29,31H,6,11-21,24H2,1-2H3/t26-,27?,28?,29?,31?/m1/s1. The lowest BCUT2D eigenvalue weighted by molar-refractivity contribution is 0.220. The second-order valence-corrected chi connectivity index (χ2v) is 11.7. The van der Waals surface area contributed by atoms with Crippen LogP contribution in [0.4, 0.5) is 4.39 Å². The SMILES string of the molecule is CC=CCCc1ccc(C2CCC(CCC3CCC(C[C@@H](C)c4ccccc4)CC3)CC2)cc1F. The summed E-state index contributed by atoms with van der Waals surface area (Å²) in [6, 6.07) is 17.2. The smallest absolute Gasteiger partial charge is 0.126 e. The Morgan fingerprint density at radius 3 is 2.09 bits per heavy atom. The highest BCUT2D eigenvalue weighted by Gasteiger charge is 2.26. The molecule has 190 valence electrons. The van der Waals surface area contributed by atoms with Crippen LogP contribution >= 0.6 is 0 Å². The van der Waals surface area contributed by atoms with Crippen molar-refractivity contribution in [3.05, 3.63) is 83.2 Å². The fourth-order valence-corrected chi connectivity index (χ4v) is 6.86. The Balaban J connectivity index is 1.14. The van der Waals surface area contributed by atoms with Crippen molar-refractivity contribution in [3.8, 4) is 0 Å². The van der Waals surface area contributed by atoms with E-state index in [0.29, 0.717) is 11.8 Å². The van der Waals surface area contributed by atoms with Gasteiger partial charge in [-0.1, -0.05) is 100 Å². The summed E-state index contributed by atoms with van der Waals surface area (Å²) in [4.78, 5) is 0. The van der Waals surface area contributed by atoms with Crippen molar-refractivity contribution in [3.63, 3.8) is 0 Å². The van der Waals surface area contributed by atoms with Crippen molar-refractivity contribution in [2.75, 3.05) is 0 Å². The molecule has 0 nitrogen and oxygen atoms in total. The molecule has 0 N–H and O–H groups in total. The van der Waals surface area contributed by atoms with Gasteiger partial charge in [0.05, 0.1) is 0 Å². The number of benzene rings is 2. The first kappa shape index (κ1) is 26.2. The molecule has 0 amide bonds. The Bertz CT molecular complexity index is 897. The highest BCUT2D eigenvalue weighted by molar-refractivity contribution is 5.28. The van der Waals surface area contributed by atoms with E-state index in [1.54, 1.807) is 0 Å². The molecule has 2 aliphatic rings. The second-order valence-electron chi connectivity index (χ2n) is 11.7. The predicted octanol–water partition coefficient (Wildman–Crippen LogP) is 10.4. The van der Waals surface area contributed by atoms with E-state index in [9.17, 15) is 4.39 Å². The van der Waals surface area contributed by atoms with Gasteiger partial charge in [-0.15, -0.1) is 0 Å². The van der Waals surface area contributed by atoms with Crippen LogP contribution in [0.15, 0.2) is 60.7 Å². The molecule has 1 heteroatoms. The Hall–Kier alpha value is -1.89. The third-order valence-electron chi connectivity index (χ3n) is 9.22. The molecule has 0 saturated heterocycles.